The van der Waals surface area contributed by atoms with E-state index < -0.39 is 0 Å². The van der Waals surface area contributed by atoms with E-state index in [0.29, 0.717) is 42.0 Å². The van der Waals surface area contributed by atoms with Crippen LogP contribution in [-0.4, -0.2) is 106 Å². The number of rotatable bonds is 20. The molecule has 348 valence electrons. The number of unbranched alkanes of at least 4 members (excludes halogenated alkanes) is 3. The number of nitrogens with zero attached hydrogens (tertiary/aromatic N) is 6. The first kappa shape index (κ1) is 45.1. The molecule has 0 amide bonds. The summed E-state index contributed by atoms with van der Waals surface area (Å²) in [6.45, 7) is 6.93. The third-order valence-corrected chi connectivity index (χ3v) is 16.7. The molecule has 6 aromatic rings. The van der Waals surface area contributed by atoms with Crippen molar-refractivity contribution < 1.29 is 24.1 Å². The summed E-state index contributed by atoms with van der Waals surface area (Å²) < 4.78 is 26.2. The van der Waals surface area contributed by atoms with Gasteiger partial charge in [-0.1, -0.05) is 38.3 Å². The Morgan fingerprint density at radius 3 is 1.70 bits per heavy atom. The number of methoxy groups -OCH3 is 2. The number of aliphatic hydroxyl groups is 1. The first-order chi connectivity index (χ1) is 32.5. The maximum atomic E-state index is 9.13. The van der Waals surface area contributed by atoms with Crippen LogP contribution in [0.2, 0.25) is 0 Å². The summed E-state index contributed by atoms with van der Waals surface area (Å²) in [6.07, 6.45) is 14.7. The van der Waals surface area contributed by atoms with Crippen LogP contribution >= 0.6 is 11.8 Å². The molecule has 10 atom stereocenters. The average molecular weight is 911 g/mol. The second kappa shape index (κ2) is 20.6. The smallest absolute Gasteiger partial charge is 0.242 e. The van der Waals surface area contributed by atoms with Crippen molar-refractivity contribution in [3.05, 3.63) is 96.3 Å². The highest BCUT2D eigenvalue weighted by molar-refractivity contribution is 7.99. The molecule has 0 aliphatic carbocycles. The van der Waals surface area contributed by atoms with Gasteiger partial charge in [0.15, 0.2) is 0 Å². The number of benzene rings is 3. The lowest BCUT2D eigenvalue weighted by Crippen LogP contribution is -2.56. The average Bonchev–Trinajstić information content (AvgIpc) is 3.38. The summed E-state index contributed by atoms with van der Waals surface area (Å²) in [5.41, 5.74) is 3.99. The molecule has 2 unspecified atom stereocenters. The number of fused-ring (bicyclic) bond motifs is 9. The fourth-order valence-electron chi connectivity index (χ4n) is 12.0. The minimum absolute atomic E-state index is 0.150. The van der Waals surface area contributed by atoms with Crippen molar-refractivity contribution in [1.29, 1.82) is 0 Å². The molecule has 9 heterocycles. The van der Waals surface area contributed by atoms with E-state index in [0.717, 1.165) is 107 Å². The van der Waals surface area contributed by atoms with Gasteiger partial charge in [-0.2, -0.15) is 11.8 Å². The normalized spacial score (nSPS) is 25.6. The van der Waals surface area contributed by atoms with Crippen molar-refractivity contribution in [2.75, 3.05) is 58.5 Å². The number of thioether (sulfide) groups is 1. The zero-order valence-corrected chi connectivity index (χ0v) is 39.7. The van der Waals surface area contributed by atoms with Crippen LogP contribution in [0.3, 0.4) is 0 Å². The zero-order chi connectivity index (χ0) is 45.0. The summed E-state index contributed by atoms with van der Waals surface area (Å²) in [4.78, 5) is 14.9. The molecule has 0 radical (unpaired) electrons. The third kappa shape index (κ3) is 9.27. The SMILES string of the molecule is CC[C@H]1CN2CC[C@H]1C[C@H]2[C@H](Oc1nnc(O[C@H](c2ccnc3ccc(OC)cc23)[C@@H]2C[C@@H]3CCN2C[C@@H]3CCSCCCCCCO)c2ccccc12)c1ccnc2ccc(OC)cc12. The van der Waals surface area contributed by atoms with Crippen molar-refractivity contribution in [3.8, 4) is 23.3 Å². The molecule has 6 saturated heterocycles. The Bertz CT molecular complexity index is 2600. The Morgan fingerprint density at radius 2 is 1.20 bits per heavy atom. The van der Waals surface area contributed by atoms with Crippen LogP contribution in [0.1, 0.15) is 94.5 Å². The summed E-state index contributed by atoms with van der Waals surface area (Å²) >= 11 is 2.10. The quantitative estimate of drug-likeness (QED) is 0.0736. The number of piperidine rings is 6. The van der Waals surface area contributed by atoms with Gasteiger partial charge in [0.1, 0.15) is 23.7 Å². The van der Waals surface area contributed by atoms with E-state index in [-0.39, 0.29) is 24.3 Å². The molecule has 3 aromatic heterocycles. The number of hydrogen-bond acceptors (Lipinski definition) is 12. The molecule has 0 spiro atoms. The Labute approximate surface area is 394 Å². The summed E-state index contributed by atoms with van der Waals surface area (Å²) in [6, 6.07) is 25.1. The number of ether oxygens (including phenoxy) is 4. The topological polar surface area (TPSA) is 115 Å². The van der Waals surface area contributed by atoms with Gasteiger partial charge < -0.3 is 24.1 Å². The molecule has 11 nitrogen and oxygen atoms in total. The van der Waals surface area contributed by atoms with Crippen LogP contribution in [0.15, 0.2) is 85.2 Å². The van der Waals surface area contributed by atoms with Crippen LogP contribution in [0.4, 0.5) is 0 Å². The Kier molecular flexibility index (Phi) is 14.1. The molecular weight excluding hydrogens is 845 g/mol. The van der Waals surface area contributed by atoms with Crippen molar-refractivity contribution in [3.63, 3.8) is 0 Å². The number of aliphatic hydroxyl groups excluding tert-OH is 1. The highest BCUT2D eigenvalue weighted by Crippen LogP contribution is 2.48. The molecule has 6 aliphatic heterocycles. The van der Waals surface area contributed by atoms with E-state index in [1.54, 1.807) is 14.2 Å². The summed E-state index contributed by atoms with van der Waals surface area (Å²) in [7, 11) is 3.43. The van der Waals surface area contributed by atoms with Crippen LogP contribution in [0.5, 0.6) is 23.3 Å². The maximum Gasteiger partial charge on any atom is 0.242 e. The zero-order valence-electron chi connectivity index (χ0n) is 38.9. The first-order valence-corrected chi connectivity index (χ1v) is 25.8. The summed E-state index contributed by atoms with van der Waals surface area (Å²) in [5, 5.41) is 22.9. The third-order valence-electron chi connectivity index (χ3n) is 15.6. The van der Waals surface area contributed by atoms with Crippen LogP contribution in [0, 0.1) is 23.7 Å². The van der Waals surface area contributed by atoms with Gasteiger partial charge in [-0.3, -0.25) is 19.8 Å². The van der Waals surface area contributed by atoms with Gasteiger partial charge in [0, 0.05) is 54.0 Å². The van der Waals surface area contributed by atoms with Gasteiger partial charge in [0.2, 0.25) is 11.8 Å². The van der Waals surface area contributed by atoms with Gasteiger partial charge in [0.05, 0.1) is 48.1 Å². The molecule has 3 aromatic carbocycles. The monoisotopic (exact) mass is 910 g/mol. The molecule has 6 fully saturated rings. The van der Waals surface area contributed by atoms with E-state index in [1.165, 1.54) is 50.0 Å². The minimum atomic E-state index is -0.327. The van der Waals surface area contributed by atoms with Gasteiger partial charge in [-0.15, -0.1) is 10.2 Å². The van der Waals surface area contributed by atoms with Gasteiger partial charge in [-0.25, -0.2) is 0 Å². The van der Waals surface area contributed by atoms with E-state index in [1.807, 2.05) is 36.7 Å². The predicted octanol–water partition coefficient (Wildman–Crippen LogP) is 10.5. The molecule has 6 aliphatic rings. The van der Waals surface area contributed by atoms with E-state index in [2.05, 4.69) is 77.0 Å². The highest BCUT2D eigenvalue weighted by Gasteiger charge is 2.46. The second-order valence-corrected chi connectivity index (χ2v) is 20.4. The van der Waals surface area contributed by atoms with Crippen molar-refractivity contribution in [2.24, 2.45) is 23.7 Å². The Balaban J connectivity index is 0.977. The molecule has 1 N–H and O–H groups in total. The molecule has 12 heteroatoms. The van der Waals surface area contributed by atoms with Crippen molar-refractivity contribution >= 4 is 44.3 Å². The Hall–Kier alpha value is -4.75. The lowest BCUT2D eigenvalue weighted by Gasteiger charge is -2.52. The minimum Gasteiger partial charge on any atom is -0.497 e. The predicted molar refractivity (Wildman–Crippen MR) is 264 cm³/mol. The highest BCUT2D eigenvalue weighted by atomic mass is 32.2. The van der Waals surface area contributed by atoms with Gasteiger partial charge in [0.25, 0.3) is 0 Å². The second-order valence-electron chi connectivity index (χ2n) is 19.2. The lowest BCUT2D eigenvalue weighted by atomic mass is 9.72. The molecule has 4 bridgehead atoms. The fourth-order valence-corrected chi connectivity index (χ4v) is 13.1. The van der Waals surface area contributed by atoms with E-state index in [9.17, 15) is 0 Å². The van der Waals surface area contributed by atoms with E-state index in [4.69, 9.17) is 44.2 Å². The molecular formula is C54H66N6O5S. The number of hydrogen-bond donors (Lipinski definition) is 1. The molecule has 66 heavy (non-hydrogen) atoms. The maximum absolute atomic E-state index is 9.13. The van der Waals surface area contributed by atoms with Crippen molar-refractivity contribution in [1.82, 2.24) is 30.0 Å². The van der Waals surface area contributed by atoms with Crippen LogP contribution in [-0.2, 0) is 0 Å². The van der Waals surface area contributed by atoms with Crippen molar-refractivity contribution in [2.45, 2.75) is 95.4 Å². The Morgan fingerprint density at radius 1 is 0.652 bits per heavy atom. The summed E-state index contributed by atoms with van der Waals surface area (Å²) in [5.74, 6) is 7.70. The number of pyridine rings is 2. The van der Waals surface area contributed by atoms with E-state index >= 15 is 0 Å². The lowest BCUT2D eigenvalue weighted by molar-refractivity contribution is -0.0503. The van der Waals surface area contributed by atoms with Crippen LogP contribution < -0.4 is 18.9 Å². The van der Waals surface area contributed by atoms with Gasteiger partial charge in [-0.05, 0) is 154 Å². The largest absolute Gasteiger partial charge is 0.497 e. The fraction of sp³-hybridized carbons (Fsp3) is 0.519. The van der Waals surface area contributed by atoms with Gasteiger partial charge >= 0.3 is 0 Å². The first-order valence-electron chi connectivity index (χ1n) is 24.6. The van der Waals surface area contributed by atoms with Crippen LogP contribution in [0.25, 0.3) is 32.6 Å². The standard InChI is InChI=1S/C54H66N6O5S/c1-4-35-33-59-24-19-36(35)29-49(59)51(41-17-22-55-47-15-13-39(62-2)31-45(41)47)64-53-43-11-7-8-12-44(43)54(58-57-53)65-52(42-18-23-56-48-16-14-40(63-3)32-46(42)48)50-30-37-20-25-60(50)34-38(37)21-28-66-27-10-6-5-9-26-61/h7-8,11-18,22-23,31-32,35-38,49-52,61H,4-6,9-10,19-21,24-30,33-34H2,1-3H3/t35-,36-,37-,38-,49-,50-,51+,52+/m0/s1. The molecule has 0 saturated carbocycles. The number of aromatic nitrogens is 4. The molecule has 12 rings (SSSR count).